The molecule has 0 saturated carbocycles. The van der Waals surface area contributed by atoms with Gasteiger partial charge in [-0.3, -0.25) is 0 Å². The van der Waals surface area contributed by atoms with Gasteiger partial charge in [0.25, 0.3) is 0 Å². The van der Waals surface area contributed by atoms with Crippen LogP contribution in [0.2, 0.25) is 19.6 Å². The van der Waals surface area contributed by atoms with Crippen LogP contribution >= 0.6 is 0 Å². The average Bonchev–Trinajstić information content (AvgIpc) is 2.77. The van der Waals surface area contributed by atoms with Gasteiger partial charge in [-0.05, 0) is 56.9 Å². The summed E-state index contributed by atoms with van der Waals surface area (Å²) in [6.45, 7) is 12.0. The Bertz CT molecular complexity index is 1160. The van der Waals surface area contributed by atoms with E-state index in [0.717, 1.165) is 12.0 Å². The zero-order chi connectivity index (χ0) is 22.9. The number of aliphatic hydroxyl groups excluding tert-OH is 1. The highest BCUT2D eigenvalue weighted by atomic mass is 28.3. The molecule has 0 saturated heterocycles. The molecule has 1 N–H and O–H groups in total. The van der Waals surface area contributed by atoms with E-state index in [1.165, 1.54) is 38.6 Å². The van der Waals surface area contributed by atoms with Crippen molar-refractivity contribution in [3.05, 3.63) is 112 Å². The monoisotopic (exact) mass is 438 g/mol. The number of hydrogen-bond acceptors (Lipinski definition) is 1. The van der Waals surface area contributed by atoms with E-state index in [4.69, 9.17) is 0 Å². The molecular formula is C30H34OSi. The third kappa shape index (κ3) is 4.57. The molecular weight excluding hydrogens is 404 g/mol. The fraction of sp³-hybridized carbons (Fsp3) is 0.267. The van der Waals surface area contributed by atoms with E-state index in [-0.39, 0.29) is 12.0 Å². The summed E-state index contributed by atoms with van der Waals surface area (Å²) in [6.07, 6.45) is 5.86. The number of hydrogen-bond donors (Lipinski definition) is 1. The molecule has 0 amide bonds. The number of fused-ring (bicyclic) bond motifs is 1. The summed E-state index contributed by atoms with van der Waals surface area (Å²) in [5.41, 5.74) is 9.02. The van der Waals surface area contributed by atoms with Crippen LogP contribution in [0.3, 0.4) is 0 Å². The minimum Gasteiger partial charge on any atom is -0.392 e. The second-order valence-corrected chi connectivity index (χ2v) is 15.6. The number of benzene rings is 3. The van der Waals surface area contributed by atoms with Gasteiger partial charge >= 0.3 is 0 Å². The highest BCUT2D eigenvalue weighted by Gasteiger charge is 2.29. The molecule has 0 unspecified atom stereocenters. The zero-order valence-electron chi connectivity index (χ0n) is 19.9. The van der Waals surface area contributed by atoms with Crippen molar-refractivity contribution in [2.24, 2.45) is 0 Å². The topological polar surface area (TPSA) is 20.2 Å². The van der Waals surface area contributed by atoms with E-state index in [9.17, 15) is 5.11 Å². The van der Waals surface area contributed by atoms with Crippen LogP contribution in [-0.2, 0) is 12.0 Å². The first-order chi connectivity index (χ1) is 15.2. The molecule has 0 aliphatic heterocycles. The molecule has 32 heavy (non-hydrogen) atoms. The Balaban J connectivity index is 1.84. The van der Waals surface area contributed by atoms with Gasteiger partial charge in [0.2, 0.25) is 0 Å². The lowest BCUT2D eigenvalue weighted by Crippen LogP contribution is -2.23. The Morgan fingerprint density at radius 2 is 1.62 bits per heavy atom. The summed E-state index contributed by atoms with van der Waals surface area (Å²) >= 11 is 0. The molecule has 2 heteroatoms. The van der Waals surface area contributed by atoms with Gasteiger partial charge in [0.05, 0.1) is 14.7 Å². The molecule has 0 aromatic heterocycles. The van der Waals surface area contributed by atoms with Crippen molar-refractivity contribution in [1.82, 2.24) is 0 Å². The van der Waals surface area contributed by atoms with Gasteiger partial charge in [-0.25, -0.2) is 0 Å². The van der Waals surface area contributed by atoms with E-state index in [1.54, 1.807) is 0 Å². The fourth-order valence-electron chi connectivity index (χ4n) is 4.62. The highest BCUT2D eigenvalue weighted by Crippen LogP contribution is 2.42. The van der Waals surface area contributed by atoms with E-state index in [0.29, 0.717) is 0 Å². The molecule has 0 heterocycles. The van der Waals surface area contributed by atoms with Gasteiger partial charge in [0, 0.05) is 0 Å². The van der Waals surface area contributed by atoms with Gasteiger partial charge in [-0.15, -0.1) is 0 Å². The average molecular weight is 439 g/mol. The van der Waals surface area contributed by atoms with Crippen molar-refractivity contribution in [2.75, 3.05) is 0 Å². The SMILES string of the molecule is CC1(C)CC=C(c2ccccc2)c2cc(C=C(c3ccc(CO)cc3)[Si](C)(C)C)ccc21. The molecule has 0 atom stereocenters. The Morgan fingerprint density at radius 1 is 0.938 bits per heavy atom. The van der Waals surface area contributed by atoms with E-state index in [2.05, 4.69) is 106 Å². The normalized spacial score (nSPS) is 15.8. The van der Waals surface area contributed by atoms with E-state index < -0.39 is 8.07 Å². The van der Waals surface area contributed by atoms with Crippen LogP contribution in [0, 0.1) is 0 Å². The molecule has 0 fully saturated rings. The van der Waals surface area contributed by atoms with Crippen LogP contribution in [0.4, 0.5) is 0 Å². The second-order valence-electron chi connectivity index (χ2n) is 10.5. The van der Waals surface area contributed by atoms with Crippen molar-refractivity contribution >= 4 is 24.9 Å². The first kappa shape index (κ1) is 22.5. The first-order valence-electron chi connectivity index (χ1n) is 11.5. The lowest BCUT2D eigenvalue weighted by Gasteiger charge is -2.32. The van der Waals surface area contributed by atoms with Crippen molar-refractivity contribution in [3.8, 4) is 0 Å². The van der Waals surface area contributed by atoms with Crippen molar-refractivity contribution in [1.29, 1.82) is 0 Å². The molecule has 3 aromatic carbocycles. The second kappa shape index (κ2) is 8.69. The Labute approximate surface area is 194 Å². The molecule has 1 aliphatic rings. The van der Waals surface area contributed by atoms with Crippen molar-refractivity contribution in [3.63, 3.8) is 0 Å². The molecule has 1 aliphatic carbocycles. The summed E-state index contributed by atoms with van der Waals surface area (Å²) in [6, 6.07) is 26.2. The van der Waals surface area contributed by atoms with Gasteiger partial charge in [-0.2, -0.15) is 0 Å². The summed E-state index contributed by atoms with van der Waals surface area (Å²) in [5.74, 6) is 0. The van der Waals surface area contributed by atoms with Crippen LogP contribution in [-0.4, -0.2) is 13.2 Å². The van der Waals surface area contributed by atoms with Gasteiger partial charge in [0.1, 0.15) is 0 Å². The number of rotatable bonds is 5. The highest BCUT2D eigenvalue weighted by molar-refractivity contribution is 6.94. The molecule has 0 bridgehead atoms. The minimum absolute atomic E-state index is 0.0848. The van der Waals surface area contributed by atoms with Crippen LogP contribution in [0.1, 0.15) is 53.6 Å². The molecule has 1 nitrogen and oxygen atoms in total. The predicted octanol–water partition coefficient (Wildman–Crippen LogP) is 7.71. The lowest BCUT2D eigenvalue weighted by atomic mass is 9.72. The lowest BCUT2D eigenvalue weighted by molar-refractivity contribution is 0.282. The summed E-state index contributed by atoms with van der Waals surface area (Å²) in [7, 11) is -1.60. The van der Waals surface area contributed by atoms with Crippen molar-refractivity contribution < 1.29 is 5.11 Å². The first-order valence-corrected chi connectivity index (χ1v) is 15.0. The zero-order valence-corrected chi connectivity index (χ0v) is 20.9. The Hall–Kier alpha value is -2.68. The Morgan fingerprint density at radius 3 is 2.25 bits per heavy atom. The van der Waals surface area contributed by atoms with Crippen LogP contribution in [0.15, 0.2) is 78.9 Å². The predicted molar refractivity (Wildman–Crippen MR) is 141 cm³/mol. The summed E-state index contributed by atoms with van der Waals surface area (Å²) in [4.78, 5) is 0. The molecule has 0 spiro atoms. The molecule has 3 aromatic rings. The van der Waals surface area contributed by atoms with Crippen LogP contribution in [0.25, 0.3) is 16.8 Å². The maximum atomic E-state index is 9.42. The van der Waals surface area contributed by atoms with Gasteiger partial charge < -0.3 is 5.11 Å². The fourth-order valence-corrected chi connectivity index (χ4v) is 6.25. The van der Waals surface area contributed by atoms with E-state index >= 15 is 0 Å². The standard InChI is InChI=1S/C30H34OSi/c1-30(2)18-17-26(24-9-7-6-8-10-24)27-19-23(13-16-28(27)30)20-29(32(3,4)5)25-14-11-22(21-31)12-15-25/h6-17,19-20,31H,18,21H2,1-5H3. The minimum atomic E-state index is -1.60. The van der Waals surface area contributed by atoms with Crippen LogP contribution < -0.4 is 0 Å². The summed E-state index contributed by atoms with van der Waals surface area (Å²) < 4.78 is 0. The Kier molecular flexibility index (Phi) is 6.11. The number of allylic oxidation sites excluding steroid dienone is 1. The van der Waals surface area contributed by atoms with E-state index in [1.807, 2.05) is 12.1 Å². The maximum Gasteiger partial charge on any atom is 0.0784 e. The summed E-state index contributed by atoms with van der Waals surface area (Å²) in [5, 5.41) is 10.9. The molecule has 4 rings (SSSR count). The quantitative estimate of drug-likeness (QED) is 0.319. The largest absolute Gasteiger partial charge is 0.392 e. The molecule has 0 radical (unpaired) electrons. The van der Waals surface area contributed by atoms with Gasteiger partial charge in [-0.1, -0.05) is 118 Å². The third-order valence-corrected chi connectivity index (χ3v) is 8.58. The number of aliphatic hydroxyl groups is 1. The van der Waals surface area contributed by atoms with Crippen LogP contribution in [0.5, 0.6) is 0 Å². The third-order valence-electron chi connectivity index (χ3n) is 6.53. The van der Waals surface area contributed by atoms with Gasteiger partial charge in [0.15, 0.2) is 0 Å². The van der Waals surface area contributed by atoms with Crippen molar-refractivity contribution in [2.45, 2.75) is 51.9 Å². The molecule has 164 valence electrons. The maximum absolute atomic E-state index is 9.42. The smallest absolute Gasteiger partial charge is 0.0784 e.